The monoisotopic (exact) mass is 259 g/mol. The molecule has 2 rings (SSSR count). The van der Waals surface area contributed by atoms with E-state index in [2.05, 4.69) is 4.98 Å². The number of rotatable bonds is 5. The maximum absolute atomic E-state index is 10.6. The molecule has 1 heterocycles. The van der Waals surface area contributed by atoms with Crippen molar-refractivity contribution in [2.75, 3.05) is 12.3 Å². The summed E-state index contributed by atoms with van der Waals surface area (Å²) in [6.45, 7) is 0.416. The van der Waals surface area contributed by atoms with Crippen LogP contribution in [0, 0.1) is 10.1 Å². The molecule has 0 aliphatic rings. The molecule has 0 amide bonds. The van der Waals surface area contributed by atoms with Gasteiger partial charge in [0.05, 0.1) is 17.2 Å². The van der Waals surface area contributed by atoms with Crippen LogP contribution in [0.3, 0.4) is 0 Å². The molecule has 2 N–H and O–H groups in total. The molecule has 0 unspecified atom stereocenters. The molecule has 0 bridgehead atoms. The molecule has 1 aromatic heterocycles. The van der Waals surface area contributed by atoms with Gasteiger partial charge in [0.1, 0.15) is 5.75 Å². The molecule has 0 atom stereocenters. The Kier molecular flexibility index (Phi) is 3.92. The Morgan fingerprint density at radius 3 is 2.79 bits per heavy atom. The molecule has 0 aliphatic heterocycles. The number of hydrogen-bond donors (Lipinski definition) is 1. The molecule has 6 heteroatoms. The summed E-state index contributed by atoms with van der Waals surface area (Å²) >= 11 is 0. The summed E-state index contributed by atoms with van der Waals surface area (Å²) in [5.41, 5.74) is 6.83. The van der Waals surface area contributed by atoms with Gasteiger partial charge in [-0.3, -0.25) is 15.1 Å². The zero-order chi connectivity index (χ0) is 13.7. The Morgan fingerprint density at radius 1 is 1.32 bits per heavy atom. The van der Waals surface area contributed by atoms with E-state index in [9.17, 15) is 10.1 Å². The molecule has 0 aliphatic carbocycles. The van der Waals surface area contributed by atoms with Crippen molar-refractivity contribution in [3.63, 3.8) is 0 Å². The van der Waals surface area contributed by atoms with Crippen LogP contribution in [-0.4, -0.2) is 16.5 Å². The molecule has 0 saturated carbocycles. The van der Waals surface area contributed by atoms with E-state index in [-0.39, 0.29) is 11.4 Å². The van der Waals surface area contributed by atoms with Crippen LogP contribution in [0.25, 0.3) is 0 Å². The molecule has 0 saturated heterocycles. The highest BCUT2D eigenvalue weighted by molar-refractivity contribution is 5.58. The Labute approximate surface area is 110 Å². The number of non-ortho nitro benzene ring substituents is 1. The van der Waals surface area contributed by atoms with E-state index in [4.69, 9.17) is 10.5 Å². The molecule has 6 nitrogen and oxygen atoms in total. The van der Waals surface area contributed by atoms with Crippen molar-refractivity contribution < 1.29 is 9.66 Å². The summed E-state index contributed by atoms with van der Waals surface area (Å²) in [5.74, 6) is 0.446. The van der Waals surface area contributed by atoms with Crippen LogP contribution in [0.4, 0.5) is 11.4 Å². The molecule has 0 radical (unpaired) electrons. The second-order valence-corrected chi connectivity index (χ2v) is 3.90. The summed E-state index contributed by atoms with van der Waals surface area (Å²) in [7, 11) is 0. The number of nitro groups is 1. The second kappa shape index (κ2) is 5.81. The maximum Gasteiger partial charge on any atom is 0.271 e. The number of nitro benzene ring substituents is 1. The first-order valence-electron chi connectivity index (χ1n) is 5.73. The lowest BCUT2D eigenvalue weighted by atomic mass is 10.2. The lowest BCUT2D eigenvalue weighted by Crippen LogP contribution is -2.04. The number of pyridine rings is 1. The van der Waals surface area contributed by atoms with Gasteiger partial charge in [-0.25, -0.2) is 0 Å². The summed E-state index contributed by atoms with van der Waals surface area (Å²) in [6.07, 6.45) is 2.37. The van der Waals surface area contributed by atoms with Gasteiger partial charge in [0, 0.05) is 30.4 Å². The molecule has 2 aromatic rings. The fourth-order valence-electron chi connectivity index (χ4n) is 1.59. The van der Waals surface area contributed by atoms with Gasteiger partial charge >= 0.3 is 0 Å². The van der Waals surface area contributed by atoms with Crippen molar-refractivity contribution in [3.8, 4) is 5.75 Å². The number of ether oxygens (including phenoxy) is 1. The highest BCUT2D eigenvalue weighted by Gasteiger charge is 2.09. The van der Waals surface area contributed by atoms with E-state index in [1.165, 1.54) is 18.2 Å². The van der Waals surface area contributed by atoms with Crippen LogP contribution >= 0.6 is 0 Å². The van der Waals surface area contributed by atoms with Crippen LogP contribution in [-0.2, 0) is 6.42 Å². The highest BCUT2D eigenvalue weighted by atomic mass is 16.6. The van der Waals surface area contributed by atoms with Crippen LogP contribution < -0.4 is 10.5 Å². The normalized spacial score (nSPS) is 10.1. The van der Waals surface area contributed by atoms with E-state index in [0.29, 0.717) is 18.8 Å². The van der Waals surface area contributed by atoms with Crippen LogP contribution in [0.1, 0.15) is 5.69 Å². The summed E-state index contributed by atoms with van der Waals surface area (Å²) < 4.78 is 5.49. The molecule has 98 valence electrons. The lowest BCUT2D eigenvalue weighted by Gasteiger charge is -2.08. The molecule has 19 heavy (non-hydrogen) atoms. The summed E-state index contributed by atoms with van der Waals surface area (Å²) in [4.78, 5) is 14.2. The standard InChI is InChI=1S/C13H13N3O3/c14-12-9-11(16(17)18)4-5-13(12)19-8-6-10-3-1-2-7-15-10/h1-5,7,9H,6,8,14H2. The van der Waals surface area contributed by atoms with Crippen molar-refractivity contribution >= 4 is 11.4 Å². The van der Waals surface area contributed by atoms with Gasteiger partial charge in [0.15, 0.2) is 0 Å². The zero-order valence-corrected chi connectivity index (χ0v) is 10.2. The Hall–Kier alpha value is -2.63. The molecular weight excluding hydrogens is 246 g/mol. The number of benzene rings is 1. The third-order valence-electron chi connectivity index (χ3n) is 2.55. The van der Waals surface area contributed by atoms with Crippen molar-refractivity contribution in [2.45, 2.75) is 6.42 Å². The number of hydrogen-bond acceptors (Lipinski definition) is 5. The van der Waals surface area contributed by atoms with Crippen molar-refractivity contribution in [3.05, 3.63) is 58.4 Å². The van der Waals surface area contributed by atoms with E-state index >= 15 is 0 Å². The third kappa shape index (κ3) is 3.41. The van der Waals surface area contributed by atoms with Gasteiger partial charge in [-0.05, 0) is 18.2 Å². The Balaban J connectivity index is 1.95. The highest BCUT2D eigenvalue weighted by Crippen LogP contribution is 2.26. The fraction of sp³-hybridized carbons (Fsp3) is 0.154. The van der Waals surface area contributed by atoms with Gasteiger partial charge in [-0.15, -0.1) is 0 Å². The van der Waals surface area contributed by atoms with Crippen molar-refractivity contribution in [1.29, 1.82) is 0 Å². The molecule has 0 spiro atoms. The van der Waals surface area contributed by atoms with Crippen LogP contribution in [0.15, 0.2) is 42.6 Å². The Bertz CT molecular complexity index is 573. The Morgan fingerprint density at radius 2 is 2.16 bits per heavy atom. The van der Waals surface area contributed by atoms with Crippen LogP contribution in [0.2, 0.25) is 0 Å². The minimum Gasteiger partial charge on any atom is -0.491 e. The quantitative estimate of drug-likeness (QED) is 0.505. The minimum atomic E-state index is -0.492. The van der Waals surface area contributed by atoms with Gasteiger partial charge in [0.2, 0.25) is 0 Å². The first-order chi connectivity index (χ1) is 9.16. The van der Waals surface area contributed by atoms with E-state index in [1.807, 2.05) is 18.2 Å². The average molecular weight is 259 g/mol. The second-order valence-electron chi connectivity index (χ2n) is 3.90. The van der Waals surface area contributed by atoms with E-state index in [0.717, 1.165) is 5.69 Å². The van der Waals surface area contributed by atoms with Gasteiger partial charge in [0.25, 0.3) is 5.69 Å². The average Bonchev–Trinajstić information content (AvgIpc) is 2.41. The smallest absolute Gasteiger partial charge is 0.271 e. The third-order valence-corrected chi connectivity index (χ3v) is 2.55. The topological polar surface area (TPSA) is 91.3 Å². The predicted molar refractivity (Wildman–Crippen MR) is 70.9 cm³/mol. The predicted octanol–water partition coefficient (Wildman–Crippen LogP) is 2.19. The minimum absolute atomic E-state index is 0.0467. The first-order valence-corrected chi connectivity index (χ1v) is 5.73. The van der Waals surface area contributed by atoms with Gasteiger partial charge < -0.3 is 10.5 Å². The summed E-state index contributed by atoms with van der Waals surface area (Å²) in [6, 6.07) is 9.82. The summed E-state index contributed by atoms with van der Waals surface area (Å²) in [5, 5.41) is 10.6. The number of nitrogens with two attached hydrogens (primary N) is 1. The molecule has 1 aromatic carbocycles. The SMILES string of the molecule is Nc1cc([N+](=O)[O-])ccc1OCCc1ccccn1. The van der Waals surface area contributed by atoms with Crippen LogP contribution in [0.5, 0.6) is 5.75 Å². The number of anilines is 1. The first kappa shape index (κ1) is 12.8. The van der Waals surface area contributed by atoms with Crippen molar-refractivity contribution in [2.24, 2.45) is 0 Å². The number of nitrogen functional groups attached to an aromatic ring is 1. The van der Waals surface area contributed by atoms with Crippen molar-refractivity contribution in [1.82, 2.24) is 4.98 Å². The maximum atomic E-state index is 10.6. The van der Waals surface area contributed by atoms with E-state index in [1.54, 1.807) is 6.20 Å². The van der Waals surface area contributed by atoms with Gasteiger partial charge in [-0.2, -0.15) is 0 Å². The zero-order valence-electron chi connectivity index (χ0n) is 10.2. The molecule has 0 fully saturated rings. The molecular formula is C13H13N3O3. The van der Waals surface area contributed by atoms with Gasteiger partial charge in [-0.1, -0.05) is 6.07 Å². The number of nitrogens with zero attached hydrogens (tertiary/aromatic N) is 2. The number of aromatic nitrogens is 1. The van der Waals surface area contributed by atoms with E-state index < -0.39 is 4.92 Å². The largest absolute Gasteiger partial charge is 0.491 e. The lowest BCUT2D eigenvalue weighted by molar-refractivity contribution is -0.384. The fourth-order valence-corrected chi connectivity index (χ4v) is 1.59.